The van der Waals surface area contributed by atoms with E-state index in [0.717, 1.165) is 17.0 Å². The van der Waals surface area contributed by atoms with E-state index in [-0.39, 0.29) is 25.4 Å². The lowest BCUT2D eigenvalue weighted by Crippen LogP contribution is -2.33. The molecule has 0 fully saturated rings. The number of amides is 1. The molecule has 0 aliphatic rings. The van der Waals surface area contributed by atoms with Crippen molar-refractivity contribution in [1.82, 2.24) is 9.88 Å². The molecular weight excluding hydrogens is 384 g/mol. The number of hydrogen-bond acceptors (Lipinski definition) is 5. The zero-order chi connectivity index (χ0) is 22.3. The highest BCUT2D eigenvalue weighted by Gasteiger charge is 2.18. The van der Waals surface area contributed by atoms with Crippen LogP contribution in [0.25, 0.3) is 0 Å². The first kappa shape index (κ1) is 23.2. The molecule has 0 saturated heterocycles. The van der Waals surface area contributed by atoms with Gasteiger partial charge >= 0.3 is 12.1 Å². The van der Waals surface area contributed by atoms with Gasteiger partial charge in [0.15, 0.2) is 6.61 Å². The van der Waals surface area contributed by atoms with Crippen LogP contribution >= 0.6 is 0 Å². The normalized spacial score (nSPS) is 11.1. The maximum atomic E-state index is 12.5. The summed E-state index contributed by atoms with van der Waals surface area (Å²) in [6.45, 7) is 9.50. The van der Waals surface area contributed by atoms with E-state index >= 15 is 0 Å². The Morgan fingerprint density at radius 2 is 1.73 bits per heavy atom. The molecule has 0 spiro atoms. The second kappa shape index (κ2) is 10.1. The molecule has 0 aliphatic carbocycles. The molecule has 30 heavy (non-hydrogen) atoms. The van der Waals surface area contributed by atoms with Gasteiger partial charge in [0.2, 0.25) is 5.78 Å². The summed E-state index contributed by atoms with van der Waals surface area (Å²) >= 11 is 0. The molecule has 7 heteroatoms. The van der Waals surface area contributed by atoms with Crippen LogP contribution in [0.2, 0.25) is 0 Å². The second-order valence-corrected chi connectivity index (χ2v) is 8.12. The molecule has 0 bridgehead atoms. The molecular formula is C23H30N2O5. The molecule has 0 unspecified atom stereocenters. The number of hydrogen-bond donors (Lipinski definition) is 1. The summed E-state index contributed by atoms with van der Waals surface area (Å²) in [6.07, 6.45) is -0.642. The molecule has 1 amide bonds. The highest BCUT2D eigenvalue weighted by atomic mass is 16.6. The summed E-state index contributed by atoms with van der Waals surface area (Å²) in [5, 5.41) is 2.48. The third-order valence-corrected chi connectivity index (χ3v) is 4.42. The van der Waals surface area contributed by atoms with E-state index in [2.05, 4.69) is 9.88 Å². The van der Waals surface area contributed by atoms with Gasteiger partial charge in [0.25, 0.3) is 0 Å². The van der Waals surface area contributed by atoms with Crippen molar-refractivity contribution in [3.05, 3.63) is 58.9 Å². The molecule has 2 aromatic rings. The average Bonchev–Trinajstić information content (AvgIpc) is 2.94. The topological polar surface area (TPSA) is 86.6 Å². The fraction of sp³-hybridized carbons (Fsp3) is 0.435. The number of carbonyl (C=O) groups is 3. The second-order valence-electron chi connectivity index (χ2n) is 8.12. The smallest absolute Gasteiger partial charge is 0.407 e. The van der Waals surface area contributed by atoms with E-state index in [1.54, 1.807) is 20.8 Å². The van der Waals surface area contributed by atoms with Gasteiger partial charge in [-0.05, 0) is 46.2 Å². The molecule has 1 aromatic heterocycles. The van der Waals surface area contributed by atoms with Gasteiger partial charge < -0.3 is 19.4 Å². The maximum Gasteiger partial charge on any atom is 0.407 e. The van der Waals surface area contributed by atoms with Gasteiger partial charge in [0, 0.05) is 30.0 Å². The van der Waals surface area contributed by atoms with Crippen molar-refractivity contribution in [3.63, 3.8) is 0 Å². The van der Waals surface area contributed by atoms with Crippen LogP contribution in [-0.2, 0) is 20.8 Å². The number of ether oxygens (including phenoxy) is 2. The third-order valence-electron chi connectivity index (χ3n) is 4.42. The SMILES string of the molecule is Cc1cc(C(=O)COC(=O)CCNC(=O)OC(C)(C)C)c(C)n1Cc1ccccc1. The minimum atomic E-state index is -0.607. The van der Waals surface area contributed by atoms with Crippen LogP contribution in [-0.4, -0.2) is 41.2 Å². The largest absolute Gasteiger partial charge is 0.457 e. The van der Waals surface area contributed by atoms with Crippen molar-refractivity contribution in [3.8, 4) is 0 Å². The average molecular weight is 415 g/mol. The molecule has 1 N–H and O–H groups in total. The first-order valence-electron chi connectivity index (χ1n) is 9.93. The predicted molar refractivity (Wildman–Crippen MR) is 114 cm³/mol. The summed E-state index contributed by atoms with van der Waals surface area (Å²) in [5.41, 5.74) is 2.88. The lowest BCUT2D eigenvalue weighted by atomic mass is 10.1. The molecule has 7 nitrogen and oxygen atoms in total. The summed E-state index contributed by atoms with van der Waals surface area (Å²) in [4.78, 5) is 36.0. The molecule has 0 radical (unpaired) electrons. The van der Waals surface area contributed by atoms with Crippen LogP contribution in [0.1, 0.15) is 54.5 Å². The first-order valence-corrected chi connectivity index (χ1v) is 9.93. The molecule has 0 atom stereocenters. The zero-order valence-corrected chi connectivity index (χ0v) is 18.3. The van der Waals surface area contributed by atoms with Crippen molar-refractivity contribution in [2.75, 3.05) is 13.2 Å². The van der Waals surface area contributed by atoms with Crippen LogP contribution in [0.15, 0.2) is 36.4 Å². The Morgan fingerprint density at radius 1 is 1.07 bits per heavy atom. The lowest BCUT2D eigenvalue weighted by Gasteiger charge is -2.19. The van der Waals surface area contributed by atoms with Crippen molar-refractivity contribution >= 4 is 17.8 Å². The number of Topliss-reactive ketones (excluding diaryl/α,β-unsaturated/α-hetero) is 1. The summed E-state index contributed by atoms with van der Waals surface area (Å²) in [6, 6.07) is 11.8. The Labute approximate surface area is 177 Å². The monoisotopic (exact) mass is 414 g/mol. The summed E-state index contributed by atoms with van der Waals surface area (Å²) in [5.74, 6) is -0.812. The van der Waals surface area contributed by atoms with Gasteiger partial charge in [-0.2, -0.15) is 0 Å². The third kappa shape index (κ3) is 7.06. The van der Waals surface area contributed by atoms with Crippen molar-refractivity contribution < 1.29 is 23.9 Å². The number of rotatable bonds is 8. The summed E-state index contributed by atoms with van der Waals surface area (Å²) < 4.78 is 12.2. The first-order chi connectivity index (χ1) is 14.1. The highest BCUT2D eigenvalue weighted by Crippen LogP contribution is 2.18. The Bertz CT molecular complexity index is 894. The van der Waals surface area contributed by atoms with Gasteiger partial charge in [0.05, 0.1) is 6.42 Å². The fourth-order valence-electron chi connectivity index (χ4n) is 2.97. The van der Waals surface area contributed by atoms with Crippen molar-refractivity contribution in [1.29, 1.82) is 0 Å². The van der Waals surface area contributed by atoms with E-state index in [1.807, 2.05) is 50.2 Å². The van der Waals surface area contributed by atoms with Crippen LogP contribution < -0.4 is 5.32 Å². The molecule has 162 valence electrons. The highest BCUT2D eigenvalue weighted by molar-refractivity contribution is 5.99. The minimum Gasteiger partial charge on any atom is -0.457 e. The standard InChI is InChI=1S/C23H30N2O5/c1-16-13-19(17(2)25(16)14-18-9-7-6-8-10-18)20(26)15-29-21(27)11-12-24-22(28)30-23(3,4)5/h6-10,13H,11-12,14-15H2,1-5H3,(H,24,28). The van der Waals surface area contributed by atoms with Crippen LogP contribution in [0, 0.1) is 13.8 Å². The van der Waals surface area contributed by atoms with E-state index < -0.39 is 17.7 Å². The zero-order valence-electron chi connectivity index (χ0n) is 18.3. The van der Waals surface area contributed by atoms with E-state index in [4.69, 9.17) is 9.47 Å². The number of aromatic nitrogens is 1. The van der Waals surface area contributed by atoms with E-state index in [1.165, 1.54) is 0 Å². The summed E-state index contributed by atoms with van der Waals surface area (Å²) in [7, 11) is 0. The van der Waals surface area contributed by atoms with Gasteiger partial charge in [-0.1, -0.05) is 30.3 Å². The van der Waals surface area contributed by atoms with Crippen LogP contribution in [0.5, 0.6) is 0 Å². The number of alkyl carbamates (subject to hydrolysis) is 1. The van der Waals surface area contributed by atoms with Gasteiger partial charge in [-0.25, -0.2) is 4.79 Å². The molecule has 0 aliphatic heterocycles. The molecule has 1 aromatic carbocycles. The number of nitrogens with zero attached hydrogens (tertiary/aromatic N) is 1. The number of aryl methyl sites for hydroxylation is 1. The number of esters is 1. The Balaban J connectivity index is 1.84. The Hall–Kier alpha value is -3.09. The number of ketones is 1. The van der Waals surface area contributed by atoms with E-state index in [9.17, 15) is 14.4 Å². The predicted octanol–water partition coefficient (Wildman–Crippen LogP) is 3.79. The van der Waals surface area contributed by atoms with Crippen molar-refractivity contribution in [2.24, 2.45) is 0 Å². The number of nitrogens with one attached hydrogen (secondary N) is 1. The van der Waals surface area contributed by atoms with Crippen LogP contribution in [0.4, 0.5) is 4.79 Å². The molecule has 2 rings (SSSR count). The Kier molecular flexibility index (Phi) is 7.80. The quantitative estimate of drug-likeness (QED) is 0.525. The number of benzene rings is 1. The van der Waals surface area contributed by atoms with Gasteiger partial charge in [-0.3, -0.25) is 9.59 Å². The molecule has 0 saturated carbocycles. The lowest BCUT2D eigenvalue weighted by molar-refractivity contribution is -0.142. The fourth-order valence-corrected chi connectivity index (χ4v) is 2.97. The minimum absolute atomic E-state index is 0.0421. The Morgan fingerprint density at radius 3 is 2.37 bits per heavy atom. The van der Waals surface area contributed by atoms with Crippen LogP contribution in [0.3, 0.4) is 0 Å². The maximum absolute atomic E-state index is 12.5. The van der Waals surface area contributed by atoms with Gasteiger partial charge in [-0.15, -0.1) is 0 Å². The van der Waals surface area contributed by atoms with E-state index in [0.29, 0.717) is 12.1 Å². The van der Waals surface area contributed by atoms with Gasteiger partial charge in [0.1, 0.15) is 5.60 Å². The number of carbonyl (C=O) groups excluding carboxylic acids is 3. The molecule has 1 heterocycles. The van der Waals surface area contributed by atoms with Crippen molar-refractivity contribution in [2.45, 2.75) is 53.2 Å².